The highest BCUT2D eigenvalue weighted by Crippen LogP contribution is 2.17. The van der Waals surface area contributed by atoms with Gasteiger partial charge in [-0.05, 0) is 5.56 Å². The number of aliphatic hydroxyl groups is 2. The van der Waals surface area contributed by atoms with E-state index >= 15 is 0 Å². The van der Waals surface area contributed by atoms with Crippen molar-refractivity contribution < 1.29 is 17.3 Å². The smallest absolute Gasteiger partial charge is 0.153 e. The molecular formula is C9H11FO2. The standard InChI is InChI=1S/C9H11FO2/c10-8(6-11)9(12)7-4-2-1-3-5-7/h1-5,8-9,11-12H,6H2/t8-,9+/m1/s1/i6D2. The van der Waals surface area contributed by atoms with Gasteiger partial charge >= 0.3 is 0 Å². The van der Waals surface area contributed by atoms with Gasteiger partial charge in [0.1, 0.15) is 6.10 Å². The third-order valence-corrected chi connectivity index (χ3v) is 1.54. The molecule has 66 valence electrons. The number of alkyl halides is 1. The summed E-state index contributed by atoms with van der Waals surface area (Å²) in [4.78, 5) is 0. The molecule has 0 radical (unpaired) electrons. The zero-order chi connectivity index (χ0) is 10.8. The predicted molar refractivity (Wildman–Crippen MR) is 43.4 cm³/mol. The molecule has 0 heterocycles. The highest BCUT2D eigenvalue weighted by atomic mass is 19.1. The lowest BCUT2D eigenvalue weighted by atomic mass is 10.1. The van der Waals surface area contributed by atoms with Crippen molar-refractivity contribution in [1.82, 2.24) is 0 Å². The molecule has 0 aliphatic heterocycles. The number of benzene rings is 1. The highest BCUT2D eigenvalue weighted by molar-refractivity contribution is 5.18. The Morgan fingerprint density at radius 2 is 2.00 bits per heavy atom. The van der Waals surface area contributed by atoms with Crippen LogP contribution in [0.1, 0.15) is 14.4 Å². The monoisotopic (exact) mass is 172 g/mol. The first-order chi connectivity index (χ1) is 6.43. The van der Waals surface area contributed by atoms with Crippen molar-refractivity contribution in [2.45, 2.75) is 12.3 Å². The van der Waals surface area contributed by atoms with Crippen molar-refractivity contribution in [2.75, 3.05) is 6.56 Å². The second-order valence-corrected chi connectivity index (χ2v) is 2.39. The summed E-state index contributed by atoms with van der Waals surface area (Å²) in [5, 5.41) is 18.1. The lowest BCUT2D eigenvalue weighted by Gasteiger charge is -2.13. The average Bonchev–Trinajstić information content (AvgIpc) is 2.15. The third-order valence-electron chi connectivity index (χ3n) is 1.54. The molecule has 0 aliphatic rings. The van der Waals surface area contributed by atoms with E-state index < -0.39 is 18.8 Å². The molecule has 0 fully saturated rings. The molecule has 0 bridgehead atoms. The SMILES string of the molecule is [2H]C([2H])(O)[C@@H](F)[C@@H](O)c1ccccc1. The van der Waals surface area contributed by atoms with Crippen LogP contribution in [0.4, 0.5) is 4.39 Å². The van der Waals surface area contributed by atoms with Crippen LogP contribution in [0.3, 0.4) is 0 Å². The normalized spacial score (nSPS) is 19.2. The average molecular weight is 172 g/mol. The maximum Gasteiger partial charge on any atom is 0.153 e. The summed E-state index contributed by atoms with van der Waals surface area (Å²) in [5.74, 6) is 0. The molecular weight excluding hydrogens is 159 g/mol. The van der Waals surface area contributed by atoms with Crippen molar-refractivity contribution in [3.8, 4) is 0 Å². The first kappa shape index (κ1) is 6.57. The summed E-state index contributed by atoms with van der Waals surface area (Å²) in [6, 6.07) is 7.81. The minimum absolute atomic E-state index is 0.234. The second kappa shape index (κ2) is 4.18. The van der Waals surface area contributed by atoms with Crippen LogP contribution in [0.15, 0.2) is 30.3 Å². The van der Waals surface area contributed by atoms with Gasteiger partial charge in [-0.15, -0.1) is 0 Å². The van der Waals surface area contributed by atoms with Crippen LogP contribution in [-0.4, -0.2) is 22.9 Å². The summed E-state index contributed by atoms with van der Waals surface area (Å²) in [5.41, 5.74) is 0.234. The van der Waals surface area contributed by atoms with Gasteiger partial charge < -0.3 is 10.2 Å². The quantitative estimate of drug-likeness (QED) is 0.715. The van der Waals surface area contributed by atoms with Gasteiger partial charge in [-0.3, -0.25) is 0 Å². The van der Waals surface area contributed by atoms with Crippen LogP contribution in [0, 0.1) is 0 Å². The Balaban J connectivity index is 2.81. The summed E-state index contributed by atoms with van der Waals surface area (Å²) in [6.45, 7) is -3.03. The van der Waals surface area contributed by atoms with Gasteiger partial charge in [0.2, 0.25) is 0 Å². The molecule has 3 heteroatoms. The number of rotatable bonds is 3. The topological polar surface area (TPSA) is 40.5 Å². The van der Waals surface area contributed by atoms with Crippen molar-refractivity contribution in [2.24, 2.45) is 0 Å². The minimum Gasteiger partial charge on any atom is -0.393 e. The summed E-state index contributed by atoms with van der Waals surface area (Å²) in [6.07, 6.45) is -4.01. The molecule has 2 N–H and O–H groups in total. The molecule has 1 aromatic carbocycles. The molecule has 2 atom stereocenters. The minimum atomic E-state index is -3.03. The number of hydrogen-bond donors (Lipinski definition) is 2. The van der Waals surface area contributed by atoms with Gasteiger partial charge in [0.15, 0.2) is 6.17 Å². The summed E-state index contributed by atoms with van der Waals surface area (Å²) >= 11 is 0. The molecule has 0 unspecified atom stereocenters. The molecule has 0 amide bonds. The molecule has 0 saturated heterocycles. The molecule has 0 saturated carbocycles. The lowest BCUT2D eigenvalue weighted by Crippen LogP contribution is -2.17. The maximum absolute atomic E-state index is 13.1. The van der Waals surface area contributed by atoms with Gasteiger partial charge in [0.05, 0.1) is 9.30 Å². The maximum atomic E-state index is 13.1. The molecule has 12 heavy (non-hydrogen) atoms. The molecule has 0 aromatic heterocycles. The first-order valence-corrected chi connectivity index (χ1v) is 3.52. The molecule has 2 nitrogen and oxygen atoms in total. The number of aliphatic hydroxyl groups excluding tert-OH is 1. The Labute approximate surface area is 73.1 Å². The summed E-state index contributed by atoms with van der Waals surface area (Å²) in [7, 11) is 0. The lowest BCUT2D eigenvalue weighted by molar-refractivity contribution is 0.0394. The van der Waals surface area contributed by atoms with E-state index in [1.54, 1.807) is 18.2 Å². The van der Waals surface area contributed by atoms with Crippen LogP contribution in [0.2, 0.25) is 0 Å². The van der Waals surface area contributed by atoms with Crippen LogP contribution in [0.25, 0.3) is 0 Å². The van der Waals surface area contributed by atoms with Crippen LogP contribution in [0.5, 0.6) is 0 Å². The predicted octanol–water partition coefficient (Wildman–Crippen LogP) is 1.05. The van der Waals surface area contributed by atoms with E-state index in [2.05, 4.69) is 0 Å². The Morgan fingerprint density at radius 1 is 1.42 bits per heavy atom. The summed E-state index contributed by atoms with van der Waals surface area (Å²) < 4.78 is 26.5. The zero-order valence-corrected chi connectivity index (χ0v) is 6.31. The fraction of sp³-hybridized carbons (Fsp3) is 0.333. The third kappa shape index (κ3) is 2.03. The van der Waals surface area contributed by atoms with E-state index in [0.717, 1.165) is 0 Å². The molecule has 0 spiro atoms. The Morgan fingerprint density at radius 3 is 2.50 bits per heavy atom. The van der Waals surface area contributed by atoms with E-state index in [1.165, 1.54) is 12.1 Å². The Hall–Kier alpha value is -0.930. The van der Waals surface area contributed by atoms with Crippen LogP contribution >= 0.6 is 0 Å². The van der Waals surface area contributed by atoms with Gasteiger partial charge in [-0.1, -0.05) is 30.3 Å². The van der Waals surface area contributed by atoms with Crippen molar-refractivity contribution in [1.29, 1.82) is 0 Å². The molecule has 1 aromatic rings. The Bertz CT molecular complexity index is 287. The fourth-order valence-electron chi connectivity index (χ4n) is 0.890. The second-order valence-electron chi connectivity index (χ2n) is 2.39. The van der Waals surface area contributed by atoms with E-state index in [0.29, 0.717) is 0 Å². The number of hydrogen-bond acceptors (Lipinski definition) is 2. The van der Waals surface area contributed by atoms with Crippen molar-refractivity contribution >= 4 is 0 Å². The highest BCUT2D eigenvalue weighted by Gasteiger charge is 2.18. The van der Waals surface area contributed by atoms with Crippen LogP contribution in [-0.2, 0) is 0 Å². The van der Waals surface area contributed by atoms with Crippen molar-refractivity contribution in [3.05, 3.63) is 35.9 Å². The Kier molecular flexibility index (Phi) is 2.29. The number of halogens is 1. The first-order valence-electron chi connectivity index (χ1n) is 4.52. The van der Waals surface area contributed by atoms with Gasteiger partial charge in [0, 0.05) is 0 Å². The van der Waals surface area contributed by atoms with Gasteiger partial charge in [-0.25, -0.2) is 4.39 Å². The zero-order valence-electron chi connectivity index (χ0n) is 8.31. The van der Waals surface area contributed by atoms with Gasteiger partial charge in [-0.2, -0.15) is 0 Å². The molecule has 1 rings (SSSR count). The fourth-order valence-corrected chi connectivity index (χ4v) is 0.890. The van der Waals surface area contributed by atoms with Gasteiger partial charge in [0.25, 0.3) is 0 Å². The molecule has 0 aliphatic carbocycles. The van der Waals surface area contributed by atoms with Crippen LogP contribution < -0.4 is 0 Å². The van der Waals surface area contributed by atoms with Crippen molar-refractivity contribution in [3.63, 3.8) is 0 Å². The van der Waals surface area contributed by atoms with E-state index in [4.69, 9.17) is 7.85 Å². The van der Waals surface area contributed by atoms with E-state index in [-0.39, 0.29) is 5.56 Å². The van der Waals surface area contributed by atoms with E-state index in [9.17, 15) is 9.50 Å². The van der Waals surface area contributed by atoms with E-state index in [1.807, 2.05) is 0 Å². The largest absolute Gasteiger partial charge is 0.393 e.